The van der Waals surface area contributed by atoms with Crippen LogP contribution in [0.2, 0.25) is 0 Å². The Bertz CT molecular complexity index is 385. The van der Waals surface area contributed by atoms with Crippen molar-refractivity contribution in [2.24, 2.45) is 11.8 Å². The van der Waals surface area contributed by atoms with Crippen LogP contribution in [0.3, 0.4) is 0 Å². The van der Waals surface area contributed by atoms with Crippen molar-refractivity contribution in [1.82, 2.24) is 5.32 Å². The highest BCUT2D eigenvalue weighted by Gasteiger charge is 2.50. The number of hydrogen-bond donors (Lipinski definition) is 1. The second-order valence-corrected chi connectivity index (χ2v) is 6.30. The Kier molecular flexibility index (Phi) is 4.66. The highest BCUT2D eigenvalue weighted by molar-refractivity contribution is 6.06. The van der Waals surface area contributed by atoms with Crippen molar-refractivity contribution in [3.05, 3.63) is 0 Å². The van der Waals surface area contributed by atoms with Crippen LogP contribution in [0.1, 0.15) is 52.4 Å². The molecule has 0 bridgehead atoms. The van der Waals surface area contributed by atoms with Gasteiger partial charge in [0.2, 0.25) is 0 Å². The van der Waals surface area contributed by atoms with Crippen molar-refractivity contribution in [2.45, 2.75) is 64.1 Å². The second-order valence-electron chi connectivity index (χ2n) is 6.30. The summed E-state index contributed by atoms with van der Waals surface area (Å²) in [6.07, 6.45) is 4.03. The molecule has 114 valence electrons. The van der Waals surface area contributed by atoms with Crippen molar-refractivity contribution in [3.8, 4) is 0 Å². The quantitative estimate of drug-likeness (QED) is 0.640. The van der Waals surface area contributed by atoms with E-state index in [0.717, 1.165) is 25.7 Å². The van der Waals surface area contributed by atoms with E-state index < -0.39 is 17.5 Å². The Hall–Kier alpha value is -1.13. The van der Waals surface area contributed by atoms with Gasteiger partial charge in [-0.1, -0.05) is 20.3 Å². The van der Waals surface area contributed by atoms with Crippen molar-refractivity contribution >= 4 is 11.9 Å². The predicted octanol–water partition coefficient (Wildman–Crippen LogP) is 2.36. The van der Waals surface area contributed by atoms with Crippen molar-refractivity contribution in [2.75, 3.05) is 6.54 Å². The molecule has 3 atom stereocenters. The molecule has 0 radical (unpaired) electrons. The van der Waals surface area contributed by atoms with E-state index in [1.54, 1.807) is 0 Å². The normalized spacial score (nSPS) is 34.7. The summed E-state index contributed by atoms with van der Waals surface area (Å²) in [6.45, 7) is 4.61. The summed E-state index contributed by atoms with van der Waals surface area (Å²) in [7, 11) is 0. The van der Waals surface area contributed by atoms with Gasteiger partial charge in [0.15, 0.2) is 0 Å². The molecule has 0 aromatic rings. The zero-order valence-corrected chi connectivity index (χ0v) is 12.3. The number of amides is 1. The van der Waals surface area contributed by atoms with E-state index >= 15 is 0 Å². The number of esters is 1. The predicted molar refractivity (Wildman–Crippen MR) is 72.8 cm³/mol. The molecule has 1 saturated heterocycles. The Morgan fingerprint density at radius 1 is 1.35 bits per heavy atom. The minimum atomic E-state index is -2.49. The summed E-state index contributed by atoms with van der Waals surface area (Å²) < 4.78 is 20.0. The highest BCUT2D eigenvalue weighted by Crippen LogP contribution is 2.34. The molecule has 0 aromatic heterocycles. The molecule has 1 aliphatic heterocycles. The molecule has 1 N–H and O–H groups in total. The monoisotopic (exact) mass is 285 g/mol. The Balaban J connectivity index is 2.04. The number of piperidine rings is 1. The van der Waals surface area contributed by atoms with Gasteiger partial charge in [-0.2, -0.15) is 0 Å². The number of rotatable bonds is 3. The van der Waals surface area contributed by atoms with Crippen LogP contribution in [0.25, 0.3) is 0 Å². The molecule has 2 aliphatic rings. The van der Waals surface area contributed by atoms with Crippen LogP contribution in [0.5, 0.6) is 0 Å². The van der Waals surface area contributed by atoms with E-state index in [-0.39, 0.29) is 18.4 Å². The van der Waals surface area contributed by atoms with E-state index in [0.29, 0.717) is 18.9 Å². The molecule has 1 saturated carbocycles. The van der Waals surface area contributed by atoms with Gasteiger partial charge in [-0.05, 0) is 37.5 Å². The summed E-state index contributed by atoms with van der Waals surface area (Å²) in [5, 5.41) is 2.41. The number of nitrogens with one attached hydrogen (secondary N) is 1. The molecule has 0 aromatic carbocycles. The summed E-state index contributed by atoms with van der Waals surface area (Å²) in [5.41, 5.74) is -2.49. The SMILES string of the molecule is CC(C)[C@H]1CCCC[C@@H]1OC(=O)[C@]1(F)CCCNC1=O. The van der Waals surface area contributed by atoms with Crippen LogP contribution in [-0.4, -0.2) is 30.2 Å². The molecule has 20 heavy (non-hydrogen) atoms. The fourth-order valence-corrected chi connectivity index (χ4v) is 3.25. The first kappa shape index (κ1) is 15.3. The highest BCUT2D eigenvalue weighted by atomic mass is 19.1. The zero-order chi connectivity index (χ0) is 14.8. The van der Waals surface area contributed by atoms with Gasteiger partial charge < -0.3 is 10.1 Å². The lowest BCUT2D eigenvalue weighted by Crippen LogP contribution is -2.55. The van der Waals surface area contributed by atoms with Gasteiger partial charge in [-0.25, -0.2) is 9.18 Å². The Labute approximate surface area is 119 Å². The summed E-state index contributed by atoms with van der Waals surface area (Å²) >= 11 is 0. The third-order valence-corrected chi connectivity index (χ3v) is 4.54. The minimum Gasteiger partial charge on any atom is -0.459 e. The van der Waals surface area contributed by atoms with Crippen LogP contribution >= 0.6 is 0 Å². The van der Waals surface area contributed by atoms with Crippen LogP contribution in [-0.2, 0) is 14.3 Å². The lowest BCUT2D eigenvalue weighted by atomic mass is 9.79. The molecule has 1 aliphatic carbocycles. The molecule has 0 unspecified atom stereocenters. The molecule has 2 fully saturated rings. The maximum absolute atomic E-state index is 14.6. The molecule has 2 rings (SSSR count). The maximum Gasteiger partial charge on any atom is 0.354 e. The Morgan fingerprint density at radius 2 is 2.05 bits per heavy atom. The number of halogens is 1. The first-order chi connectivity index (χ1) is 9.45. The average molecular weight is 285 g/mol. The first-order valence-electron chi connectivity index (χ1n) is 7.63. The van der Waals surface area contributed by atoms with Crippen molar-refractivity contribution in [3.63, 3.8) is 0 Å². The summed E-state index contributed by atoms with van der Waals surface area (Å²) in [6, 6.07) is 0. The van der Waals surface area contributed by atoms with E-state index in [1.807, 2.05) is 0 Å². The third-order valence-electron chi connectivity index (χ3n) is 4.54. The molecule has 1 heterocycles. The second kappa shape index (κ2) is 6.10. The van der Waals surface area contributed by atoms with E-state index in [4.69, 9.17) is 4.74 Å². The number of ether oxygens (including phenoxy) is 1. The first-order valence-corrected chi connectivity index (χ1v) is 7.63. The van der Waals surface area contributed by atoms with Gasteiger partial charge in [0, 0.05) is 13.0 Å². The standard InChI is InChI=1S/C15H24FNO3/c1-10(2)11-6-3-4-7-12(11)20-14(19)15(16)8-5-9-17-13(15)18/h10-12H,3-9H2,1-2H3,(H,17,18)/t11-,12+,15+/m1/s1. The van der Waals surface area contributed by atoms with Crippen LogP contribution < -0.4 is 5.32 Å². The summed E-state index contributed by atoms with van der Waals surface area (Å²) in [5.74, 6) is -1.18. The van der Waals surface area contributed by atoms with Crippen molar-refractivity contribution in [1.29, 1.82) is 0 Å². The zero-order valence-electron chi connectivity index (χ0n) is 12.3. The summed E-state index contributed by atoms with van der Waals surface area (Å²) in [4.78, 5) is 23.7. The number of hydrogen-bond acceptors (Lipinski definition) is 3. The van der Waals surface area contributed by atoms with Gasteiger partial charge in [0.05, 0.1) is 0 Å². The Morgan fingerprint density at radius 3 is 2.70 bits per heavy atom. The molecule has 5 heteroatoms. The van der Waals surface area contributed by atoms with Crippen LogP contribution in [0, 0.1) is 11.8 Å². The van der Waals surface area contributed by atoms with E-state index in [9.17, 15) is 14.0 Å². The molecule has 0 spiro atoms. The molecule has 4 nitrogen and oxygen atoms in total. The minimum absolute atomic E-state index is 0.0727. The van der Waals surface area contributed by atoms with Gasteiger partial charge >= 0.3 is 5.97 Å². The van der Waals surface area contributed by atoms with Gasteiger partial charge in [0.25, 0.3) is 11.6 Å². The van der Waals surface area contributed by atoms with Crippen LogP contribution in [0.15, 0.2) is 0 Å². The average Bonchev–Trinajstić information content (AvgIpc) is 2.42. The number of alkyl halides is 1. The molecular formula is C15H24FNO3. The molecular weight excluding hydrogens is 261 g/mol. The van der Waals surface area contributed by atoms with Crippen molar-refractivity contribution < 1.29 is 18.7 Å². The lowest BCUT2D eigenvalue weighted by molar-refractivity contribution is -0.174. The fourth-order valence-electron chi connectivity index (χ4n) is 3.25. The topological polar surface area (TPSA) is 55.4 Å². The fraction of sp³-hybridized carbons (Fsp3) is 0.867. The van der Waals surface area contributed by atoms with Crippen LogP contribution in [0.4, 0.5) is 4.39 Å². The van der Waals surface area contributed by atoms with E-state index in [1.165, 1.54) is 0 Å². The molecule has 1 amide bonds. The largest absolute Gasteiger partial charge is 0.459 e. The van der Waals surface area contributed by atoms with Gasteiger partial charge in [-0.3, -0.25) is 4.79 Å². The van der Waals surface area contributed by atoms with Gasteiger partial charge in [-0.15, -0.1) is 0 Å². The lowest BCUT2D eigenvalue weighted by Gasteiger charge is -2.36. The third kappa shape index (κ3) is 2.96. The smallest absolute Gasteiger partial charge is 0.354 e. The number of carbonyl (C=O) groups is 2. The maximum atomic E-state index is 14.6. The number of carbonyl (C=O) groups excluding carboxylic acids is 2. The van der Waals surface area contributed by atoms with E-state index in [2.05, 4.69) is 19.2 Å². The van der Waals surface area contributed by atoms with Gasteiger partial charge in [0.1, 0.15) is 6.10 Å².